The van der Waals surface area contributed by atoms with Crippen molar-refractivity contribution in [1.82, 2.24) is 0 Å². The molecule has 3 aromatic rings. The number of thiocarbonyl (C=S) groups is 1. The van der Waals surface area contributed by atoms with Crippen molar-refractivity contribution in [2.24, 2.45) is 0 Å². The summed E-state index contributed by atoms with van der Waals surface area (Å²) >= 11 is 28.2. The zero-order chi connectivity index (χ0) is 26.7. The van der Waals surface area contributed by atoms with E-state index in [1.807, 2.05) is 0 Å². The van der Waals surface area contributed by atoms with Gasteiger partial charge in [0, 0.05) is 15.2 Å². The van der Waals surface area contributed by atoms with Crippen LogP contribution in [0, 0.1) is 0 Å². The van der Waals surface area contributed by atoms with Crippen LogP contribution in [0.3, 0.4) is 0 Å². The number of thioether (sulfide) groups is 1. The van der Waals surface area contributed by atoms with Gasteiger partial charge in [-0.05, 0) is 76.1 Å². The van der Waals surface area contributed by atoms with E-state index >= 15 is 0 Å². The number of hydrogen-bond donors (Lipinski definition) is 1. The number of hydrogen-bond acceptors (Lipinski definition) is 6. The van der Waals surface area contributed by atoms with Gasteiger partial charge in [0.25, 0.3) is 11.8 Å². The Morgan fingerprint density at radius 2 is 1.86 bits per heavy atom. The van der Waals surface area contributed by atoms with Gasteiger partial charge in [0.1, 0.15) is 0 Å². The summed E-state index contributed by atoms with van der Waals surface area (Å²) in [5.74, 6) is 0.0888. The molecule has 1 fully saturated rings. The molecule has 1 aliphatic heterocycles. The molecule has 37 heavy (non-hydrogen) atoms. The molecule has 1 N–H and O–H groups in total. The number of carbonyl (C=O) groups excluding carboxylic acids is 2. The number of carbonyl (C=O) groups is 2. The largest absolute Gasteiger partial charge is 0.493 e. The molecular weight excluding hydrogens is 643 g/mol. The maximum atomic E-state index is 13.1. The number of anilines is 2. The van der Waals surface area contributed by atoms with Crippen LogP contribution >= 0.6 is 74.7 Å². The Morgan fingerprint density at radius 1 is 1.08 bits per heavy atom. The van der Waals surface area contributed by atoms with Crippen LogP contribution in [-0.2, 0) is 9.59 Å². The van der Waals surface area contributed by atoms with E-state index in [2.05, 4.69) is 21.2 Å². The second-order valence-corrected chi connectivity index (χ2v) is 11.3. The first-order valence-corrected chi connectivity index (χ1v) is 13.6. The monoisotopic (exact) mass is 656 g/mol. The molecule has 1 saturated heterocycles. The SMILES string of the molecule is COc1cc(/C=C2\SC(=S)N(c3ccc(Cl)cc3Cl)C2=O)ccc1OCC(=O)Nc1ccc(Br)c(Cl)c1. The topological polar surface area (TPSA) is 67.9 Å². The molecule has 0 saturated carbocycles. The van der Waals surface area contributed by atoms with Crippen LogP contribution in [0.25, 0.3) is 6.08 Å². The van der Waals surface area contributed by atoms with Crippen molar-refractivity contribution in [2.45, 2.75) is 0 Å². The smallest absolute Gasteiger partial charge is 0.270 e. The first-order chi connectivity index (χ1) is 17.7. The minimum Gasteiger partial charge on any atom is -0.493 e. The lowest BCUT2D eigenvalue weighted by molar-refractivity contribution is -0.118. The van der Waals surface area contributed by atoms with Gasteiger partial charge in [0.15, 0.2) is 22.4 Å². The average molecular weight is 659 g/mol. The summed E-state index contributed by atoms with van der Waals surface area (Å²) in [6, 6.07) is 15.0. The standard InChI is InChI=1S/C25H16BrCl3N2O4S2/c1-34-21-8-13(2-7-20(21)35-12-23(32)30-15-4-5-16(26)17(28)11-15)9-22-24(33)31(25(36)37-22)19-6-3-14(27)10-18(19)29/h2-11H,12H2,1H3,(H,30,32)/b22-9-. The van der Waals surface area contributed by atoms with Crippen LogP contribution < -0.4 is 19.7 Å². The fraction of sp³-hybridized carbons (Fsp3) is 0.0800. The first-order valence-electron chi connectivity index (χ1n) is 10.4. The molecule has 4 rings (SSSR count). The summed E-state index contributed by atoms with van der Waals surface area (Å²) < 4.78 is 12.2. The van der Waals surface area contributed by atoms with E-state index < -0.39 is 0 Å². The number of benzene rings is 3. The third kappa shape index (κ3) is 6.60. The van der Waals surface area contributed by atoms with E-state index in [0.29, 0.717) is 52.7 Å². The lowest BCUT2D eigenvalue weighted by atomic mass is 10.2. The Labute approximate surface area is 246 Å². The summed E-state index contributed by atoms with van der Waals surface area (Å²) in [7, 11) is 1.48. The van der Waals surface area contributed by atoms with Gasteiger partial charge >= 0.3 is 0 Å². The molecule has 1 heterocycles. The highest BCUT2D eigenvalue weighted by atomic mass is 79.9. The lowest BCUT2D eigenvalue weighted by Gasteiger charge is -2.16. The zero-order valence-electron chi connectivity index (χ0n) is 18.9. The summed E-state index contributed by atoms with van der Waals surface area (Å²) in [5, 5.41) is 3.97. The molecular formula is C25H16BrCl3N2O4S2. The molecule has 2 amide bonds. The maximum absolute atomic E-state index is 13.1. The molecule has 0 atom stereocenters. The van der Waals surface area contributed by atoms with Gasteiger partial charge in [0.2, 0.25) is 0 Å². The molecule has 1 aliphatic rings. The van der Waals surface area contributed by atoms with Gasteiger partial charge in [0.05, 0.1) is 27.7 Å². The van der Waals surface area contributed by atoms with Crippen molar-refractivity contribution in [1.29, 1.82) is 0 Å². The van der Waals surface area contributed by atoms with E-state index in [1.165, 1.54) is 12.0 Å². The van der Waals surface area contributed by atoms with Crippen molar-refractivity contribution in [2.75, 3.05) is 23.9 Å². The Hall–Kier alpha value is -2.27. The summed E-state index contributed by atoms with van der Waals surface area (Å²) in [6.45, 7) is -0.246. The number of halogens is 4. The van der Waals surface area contributed by atoms with E-state index in [9.17, 15) is 9.59 Å². The Morgan fingerprint density at radius 3 is 2.57 bits per heavy atom. The average Bonchev–Trinajstić information content (AvgIpc) is 3.13. The molecule has 0 spiro atoms. The Bertz CT molecular complexity index is 1450. The summed E-state index contributed by atoms with van der Waals surface area (Å²) in [5.41, 5.74) is 1.68. The lowest BCUT2D eigenvalue weighted by Crippen LogP contribution is -2.27. The molecule has 12 heteroatoms. The van der Waals surface area contributed by atoms with Crippen molar-refractivity contribution in [3.05, 3.63) is 84.6 Å². The Balaban J connectivity index is 1.46. The minimum atomic E-state index is -0.367. The number of nitrogens with one attached hydrogen (secondary N) is 1. The third-order valence-corrected chi connectivity index (χ3v) is 8.06. The molecule has 6 nitrogen and oxygen atoms in total. The number of nitrogens with zero attached hydrogens (tertiary/aromatic N) is 1. The zero-order valence-corrected chi connectivity index (χ0v) is 24.4. The van der Waals surface area contributed by atoms with Crippen LogP contribution in [0.15, 0.2) is 64.0 Å². The van der Waals surface area contributed by atoms with Gasteiger partial charge in [-0.1, -0.05) is 64.8 Å². The van der Waals surface area contributed by atoms with Gasteiger partial charge < -0.3 is 14.8 Å². The van der Waals surface area contributed by atoms with E-state index in [-0.39, 0.29) is 18.4 Å². The van der Waals surface area contributed by atoms with Gasteiger partial charge in [-0.2, -0.15) is 0 Å². The minimum absolute atomic E-state index is 0.246. The van der Waals surface area contributed by atoms with Crippen molar-refractivity contribution < 1.29 is 19.1 Å². The molecule has 0 aliphatic carbocycles. The summed E-state index contributed by atoms with van der Waals surface area (Å²) in [6.07, 6.45) is 1.69. The normalized spacial score (nSPS) is 14.3. The quantitative estimate of drug-likeness (QED) is 0.206. The predicted molar refractivity (Wildman–Crippen MR) is 158 cm³/mol. The molecule has 0 radical (unpaired) electrons. The number of ether oxygens (including phenoxy) is 2. The fourth-order valence-electron chi connectivity index (χ4n) is 3.30. The fourth-order valence-corrected chi connectivity index (χ4v) is 5.50. The van der Waals surface area contributed by atoms with E-state index in [4.69, 9.17) is 56.5 Å². The predicted octanol–water partition coefficient (Wildman–Crippen LogP) is 7.84. The first kappa shape index (κ1) is 27.8. The van der Waals surface area contributed by atoms with E-state index in [0.717, 1.165) is 16.2 Å². The number of rotatable bonds is 7. The molecule has 3 aromatic carbocycles. The maximum Gasteiger partial charge on any atom is 0.270 e. The molecule has 0 aromatic heterocycles. The van der Waals surface area contributed by atoms with Crippen LogP contribution in [0.2, 0.25) is 15.1 Å². The van der Waals surface area contributed by atoms with Crippen molar-refractivity contribution in [3.63, 3.8) is 0 Å². The highest BCUT2D eigenvalue weighted by Crippen LogP contribution is 2.40. The van der Waals surface area contributed by atoms with Crippen LogP contribution in [-0.4, -0.2) is 29.9 Å². The van der Waals surface area contributed by atoms with Gasteiger partial charge in [-0.3, -0.25) is 14.5 Å². The van der Waals surface area contributed by atoms with Crippen molar-refractivity contribution in [3.8, 4) is 11.5 Å². The van der Waals surface area contributed by atoms with Crippen molar-refractivity contribution >= 4 is 108 Å². The van der Waals surface area contributed by atoms with Crippen LogP contribution in [0.5, 0.6) is 11.5 Å². The van der Waals surface area contributed by atoms with E-state index in [1.54, 1.807) is 60.7 Å². The second-order valence-electron chi connectivity index (χ2n) is 7.49. The van der Waals surface area contributed by atoms with Gasteiger partial charge in [-0.15, -0.1) is 0 Å². The van der Waals surface area contributed by atoms with Crippen LogP contribution in [0.1, 0.15) is 5.56 Å². The third-order valence-electron chi connectivity index (χ3n) is 4.99. The molecule has 190 valence electrons. The van der Waals surface area contributed by atoms with Gasteiger partial charge in [-0.25, -0.2) is 0 Å². The highest BCUT2D eigenvalue weighted by Gasteiger charge is 2.34. The number of amides is 2. The number of methoxy groups -OCH3 is 1. The van der Waals surface area contributed by atoms with Crippen LogP contribution in [0.4, 0.5) is 11.4 Å². The molecule has 0 unspecified atom stereocenters. The highest BCUT2D eigenvalue weighted by molar-refractivity contribution is 9.10. The summed E-state index contributed by atoms with van der Waals surface area (Å²) in [4.78, 5) is 27.2. The molecule has 0 bridgehead atoms. The Kier molecular flexibility index (Phi) is 9.05. The second kappa shape index (κ2) is 12.1.